The fraction of sp³-hybridized carbons (Fsp3) is 0.273. The minimum Gasteiger partial charge on any atom is -0.353 e. The van der Waals surface area contributed by atoms with E-state index in [1.54, 1.807) is 12.3 Å². The number of rotatable bonds is 5. The topological polar surface area (TPSA) is 75.4 Å². The van der Waals surface area contributed by atoms with E-state index in [2.05, 4.69) is 20.0 Å². The first-order valence-corrected chi connectivity index (χ1v) is 9.79. The SMILES string of the molecule is CCc1nc(-c2ccc(N3CCN(C(=O)/C=C\c4ccccc4)CC3)nc2)no1. The van der Waals surface area contributed by atoms with Gasteiger partial charge in [0.25, 0.3) is 0 Å². The number of piperazine rings is 1. The van der Waals surface area contributed by atoms with Crippen LogP contribution in [0.25, 0.3) is 17.5 Å². The standard InChI is InChI=1S/C22H23N5O2/c1-2-20-24-22(25-29-20)18-9-10-19(23-16-18)26-12-14-27(15-13-26)21(28)11-8-17-6-4-3-5-7-17/h3-11,16H,2,12-15H2,1H3/b11-8-. The van der Waals surface area contributed by atoms with Gasteiger partial charge in [0.2, 0.25) is 17.6 Å². The van der Waals surface area contributed by atoms with Crippen LogP contribution in [-0.4, -0.2) is 52.1 Å². The molecule has 1 amide bonds. The lowest BCUT2D eigenvalue weighted by Crippen LogP contribution is -2.48. The Balaban J connectivity index is 1.33. The van der Waals surface area contributed by atoms with Gasteiger partial charge in [-0.15, -0.1) is 0 Å². The van der Waals surface area contributed by atoms with Crippen molar-refractivity contribution >= 4 is 17.8 Å². The highest BCUT2D eigenvalue weighted by Crippen LogP contribution is 2.20. The van der Waals surface area contributed by atoms with Crippen molar-refractivity contribution in [1.82, 2.24) is 20.0 Å². The first kappa shape index (κ1) is 18.9. The second-order valence-corrected chi connectivity index (χ2v) is 6.83. The van der Waals surface area contributed by atoms with E-state index in [0.29, 0.717) is 31.2 Å². The lowest BCUT2D eigenvalue weighted by atomic mass is 10.2. The molecule has 0 bridgehead atoms. The van der Waals surface area contributed by atoms with Crippen molar-refractivity contribution in [2.24, 2.45) is 0 Å². The molecule has 29 heavy (non-hydrogen) atoms. The summed E-state index contributed by atoms with van der Waals surface area (Å²) in [4.78, 5) is 25.4. The van der Waals surface area contributed by atoms with Gasteiger partial charge in [-0.25, -0.2) is 4.98 Å². The third-order valence-corrected chi connectivity index (χ3v) is 4.91. The fourth-order valence-corrected chi connectivity index (χ4v) is 3.21. The molecule has 1 saturated heterocycles. The molecule has 1 fully saturated rings. The maximum absolute atomic E-state index is 12.4. The van der Waals surface area contributed by atoms with Gasteiger partial charge in [-0.3, -0.25) is 4.79 Å². The quantitative estimate of drug-likeness (QED) is 0.625. The van der Waals surface area contributed by atoms with Crippen LogP contribution in [0, 0.1) is 0 Å². The molecular weight excluding hydrogens is 366 g/mol. The molecule has 1 aliphatic heterocycles. The van der Waals surface area contributed by atoms with E-state index in [1.807, 2.05) is 60.4 Å². The van der Waals surface area contributed by atoms with Crippen molar-refractivity contribution in [1.29, 1.82) is 0 Å². The molecule has 7 heteroatoms. The zero-order valence-electron chi connectivity index (χ0n) is 16.4. The van der Waals surface area contributed by atoms with Gasteiger partial charge in [0.15, 0.2) is 0 Å². The summed E-state index contributed by atoms with van der Waals surface area (Å²) in [7, 11) is 0. The Hall–Kier alpha value is -3.48. The van der Waals surface area contributed by atoms with E-state index in [-0.39, 0.29) is 5.91 Å². The summed E-state index contributed by atoms with van der Waals surface area (Å²) >= 11 is 0. The van der Waals surface area contributed by atoms with Crippen LogP contribution in [-0.2, 0) is 11.2 Å². The van der Waals surface area contributed by atoms with Crippen molar-refractivity contribution < 1.29 is 9.32 Å². The van der Waals surface area contributed by atoms with Crippen LogP contribution >= 0.6 is 0 Å². The van der Waals surface area contributed by atoms with E-state index in [9.17, 15) is 4.79 Å². The van der Waals surface area contributed by atoms with Crippen LogP contribution in [0.1, 0.15) is 18.4 Å². The number of benzene rings is 1. The molecule has 1 aromatic carbocycles. The Morgan fingerprint density at radius 1 is 1.10 bits per heavy atom. The van der Waals surface area contributed by atoms with Gasteiger partial charge in [0.05, 0.1) is 0 Å². The van der Waals surface area contributed by atoms with Gasteiger partial charge in [-0.2, -0.15) is 4.98 Å². The van der Waals surface area contributed by atoms with E-state index in [4.69, 9.17) is 4.52 Å². The van der Waals surface area contributed by atoms with Crippen molar-refractivity contribution in [2.75, 3.05) is 31.1 Å². The number of amides is 1. The second-order valence-electron chi connectivity index (χ2n) is 6.83. The molecule has 0 spiro atoms. The van der Waals surface area contributed by atoms with Crippen LogP contribution in [0.3, 0.4) is 0 Å². The first-order valence-electron chi connectivity index (χ1n) is 9.79. The Kier molecular flexibility index (Phi) is 5.65. The van der Waals surface area contributed by atoms with Crippen LogP contribution in [0.15, 0.2) is 59.3 Å². The number of anilines is 1. The molecule has 3 heterocycles. The normalized spacial score (nSPS) is 14.5. The molecule has 1 aliphatic rings. The van der Waals surface area contributed by atoms with E-state index in [1.165, 1.54) is 0 Å². The summed E-state index contributed by atoms with van der Waals surface area (Å²) < 4.78 is 5.15. The third kappa shape index (κ3) is 4.51. The lowest BCUT2D eigenvalue weighted by molar-refractivity contribution is -0.126. The minimum atomic E-state index is 0.0423. The molecule has 0 unspecified atom stereocenters. The molecule has 3 aromatic rings. The third-order valence-electron chi connectivity index (χ3n) is 4.91. The zero-order valence-corrected chi connectivity index (χ0v) is 16.4. The number of hydrogen-bond donors (Lipinski definition) is 0. The Morgan fingerprint density at radius 2 is 1.90 bits per heavy atom. The second kappa shape index (κ2) is 8.68. The van der Waals surface area contributed by atoms with Crippen LogP contribution in [0.2, 0.25) is 0 Å². The summed E-state index contributed by atoms with van der Waals surface area (Å²) in [5, 5.41) is 3.98. The molecule has 4 rings (SSSR count). The van der Waals surface area contributed by atoms with Crippen molar-refractivity contribution in [3.05, 3.63) is 66.2 Å². The predicted molar refractivity (Wildman–Crippen MR) is 111 cm³/mol. The molecule has 0 N–H and O–H groups in total. The number of aromatic nitrogens is 3. The van der Waals surface area contributed by atoms with Crippen LogP contribution in [0.5, 0.6) is 0 Å². The molecule has 7 nitrogen and oxygen atoms in total. The largest absolute Gasteiger partial charge is 0.353 e. The Bertz CT molecular complexity index is 974. The molecule has 148 valence electrons. The molecular formula is C22H23N5O2. The van der Waals surface area contributed by atoms with Crippen molar-refractivity contribution in [3.8, 4) is 11.4 Å². The number of nitrogens with zero attached hydrogens (tertiary/aromatic N) is 5. The smallest absolute Gasteiger partial charge is 0.246 e. The monoisotopic (exact) mass is 389 g/mol. The molecule has 0 radical (unpaired) electrons. The highest BCUT2D eigenvalue weighted by atomic mass is 16.5. The zero-order chi connectivity index (χ0) is 20.1. The summed E-state index contributed by atoms with van der Waals surface area (Å²) in [6.07, 6.45) is 5.98. The van der Waals surface area contributed by atoms with Crippen molar-refractivity contribution in [2.45, 2.75) is 13.3 Å². The average molecular weight is 389 g/mol. The number of pyridine rings is 1. The summed E-state index contributed by atoms with van der Waals surface area (Å²) in [6.45, 7) is 4.82. The van der Waals surface area contributed by atoms with Crippen LogP contribution in [0.4, 0.5) is 5.82 Å². The highest BCUT2D eigenvalue weighted by Gasteiger charge is 2.20. The number of aryl methyl sites for hydroxylation is 1. The minimum absolute atomic E-state index is 0.0423. The van der Waals surface area contributed by atoms with Gasteiger partial charge in [-0.05, 0) is 23.8 Å². The number of hydrogen-bond acceptors (Lipinski definition) is 6. The lowest BCUT2D eigenvalue weighted by Gasteiger charge is -2.35. The number of carbonyl (C=O) groups is 1. The molecule has 0 atom stereocenters. The van der Waals surface area contributed by atoms with Gasteiger partial charge >= 0.3 is 0 Å². The Labute approximate surface area is 169 Å². The van der Waals surface area contributed by atoms with Gasteiger partial charge in [0, 0.05) is 50.4 Å². The number of carbonyl (C=O) groups excluding carboxylic acids is 1. The van der Waals surface area contributed by atoms with E-state index in [0.717, 1.165) is 30.0 Å². The van der Waals surface area contributed by atoms with E-state index >= 15 is 0 Å². The summed E-state index contributed by atoms with van der Waals surface area (Å²) in [6, 6.07) is 13.8. The summed E-state index contributed by atoms with van der Waals surface area (Å²) in [5.41, 5.74) is 1.86. The average Bonchev–Trinajstić information content (AvgIpc) is 3.28. The molecule has 0 saturated carbocycles. The van der Waals surface area contributed by atoms with Gasteiger partial charge in [-0.1, -0.05) is 42.4 Å². The molecule has 0 aliphatic carbocycles. The van der Waals surface area contributed by atoms with Gasteiger partial charge in [0.1, 0.15) is 5.82 Å². The van der Waals surface area contributed by atoms with Crippen molar-refractivity contribution in [3.63, 3.8) is 0 Å². The van der Waals surface area contributed by atoms with Gasteiger partial charge < -0.3 is 14.3 Å². The molecule has 2 aromatic heterocycles. The predicted octanol–water partition coefficient (Wildman–Crippen LogP) is 3.06. The first-order chi connectivity index (χ1) is 14.2. The fourth-order valence-electron chi connectivity index (χ4n) is 3.21. The van der Waals surface area contributed by atoms with E-state index < -0.39 is 0 Å². The Morgan fingerprint density at radius 3 is 2.55 bits per heavy atom. The maximum atomic E-state index is 12.4. The maximum Gasteiger partial charge on any atom is 0.246 e. The highest BCUT2D eigenvalue weighted by molar-refractivity contribution is 5.91. The summed E-state index contributed by atoms with van der Waals surface area (Å²) in [5.74, 6) is 2.10. The van der Waals surface area contributed by atoms with Crippen LogP contribution < -0.4 is 4.90 Å².